The number of fused-ring (bicyclic) bond motifs is 3. The van der Waals surface area contributed by atoms with Gasteiger partial charge >= 0.3 is 0 Å². The van der Waals surface area contributed by atoms with Crippen molar-refractivity contribution in [1.82, 2.24) is 0 Å². The fourth-order valence-corrected chi connectivity index (χ4v) is 8.82. The molecule has 10 rings (SSSR count). The Hall–Kier alpha value is -7.22. The summed E-state index contributed by atoms with van der Waals surface area (Å²) < 4.78 is 0. The highest BCUT2D eigenvalue weighted by atomic mass is 15.1. The molecule has 0 fully saturated rings. The molecule has 0 amide bonds. The minimum atomic E-state index is -0.495. The molecule has 1 heteroatoms. The molecule has 0 atom stereocenters. The lowest BCUT2D eigenvalue weighted by molar-refractivity contribution is 0.768. The summed E-state index contributed by atoms with van der Waals surface area (Å²) in [7, 11) is 0. The van der Waals surface area contributed by atoms with Gasteiger partial charge in [0.1, 0.15) is 0 Å². The van der Waals surface area contributed by atoms with Gasteiger partial charge in [-0.3, -0.25) is 0 Å². The van der Waals surface area contributed by atoms with Gasteiger partial charge in [0, 0.05) is 16.9 Å². The molecule has 0 saturated carbocycles. The Kier molecular flexibility index (Phi) is 8.46. The Labute approximate surface area is 329 Å². The SMILES string of the molecule is c1ccc(-c2ccc(-c3ccc(N(c4ccc5c(c4)C(c4ccccc4)(c4ccccc4)c4ccccc4-5)c4ccccc4-c4ccccc4)cc3)cc2)cc1. The van der Waals surface area contributed by atoms with Crippen molar-refractivity contribution >= 4 is 17.1 Å². The van der Waals surface area contributed by atoms with Crippen molar-refractivity contribution in [1.29, 1.82) is 0 Å². The molecule has 0 unspecified atom stereocenters. The number of benzene rings is 9. The lowest BCUT2D eigenvalue weighted by Gasteiger charge is -2.35. The monoisotopic (exact) mass is 713 g/mol. The first-order valence-corrected chi connectivity index (χ1v) is 19.3. The molecular formula is C55H39N. The standard InChI is InChI=1S/C55H39N/c1-5-17-40(18-6-1)41-29-31-42(32-30-41)43-33-35-47(36-34-43)56(54-28-16-14-25-49(54)44-19-7-2-8-20-44)48-37-38-51-50-26-13-15-27-52(50)55(53(51)39-48,45-21-9-3-10-22-45)46-23-11-4-12-24-46/h1-39H. The van der Waals surface area contributed by atoms with Crippen LogP contribution in [-0.2, 0) is 5.41 Å². The van der Waals surface area contributed by atoms with E-state index in [1.807, 2.05) is 0 Å². The van der Waals surface area contributed by atoms with Crippen molar-refractivity contribution in [2.24, 2.45) is 0 Å². The number of anilines is 3. The highest BCUT2D eigenvalue weighted by molar-refractivity contribution is 5.92. The van der Waals surface area contributed by atoms with Gasteiger partial charge < -0.3 is 4.90 Å². The number of nitrogens with zero attached hydrogens (tertiary/aromatic N) is 1. The second-order valence-corrected chi connectivity index (χ2v) is 14.5. The fraction of sp³-hybridized carbons (Fsp3) is 0.0182. The zero-order chi connectivity index (χ0) is 37.3. The molecule has 0 spiro atoms. The highest BCUT2D eigenvalue weighted by Gasteiger charge is 2.46. The van der Waals surface area contributed by atoms with Gasteiger partial charge in [0.05, 0.1) is 11.1 Å². The van der Waals surface area contributed by atoms with Crippen LogP contribution in [0.5, 0.6) is 0 Å². The average molecular weight is 714 g/mol. The van der Waals surface area contributed by atoms with E-state index in [1.54, 1.807) is 0 Å². The van der Waals surface area contributed by atoms with E-state index in [1.165, 1.54) is 66.8 Å². The smallest absolute Gasteiger partial charge is 0.0714 e. The Morgan fingerprint density at radius 1 is 0.268 bits per heavy atom. The second-order valence-electron chi connectivity index (χ2n) is 14.5. The topological polar surface area (TPSA) is 3.24 Å². The third-order valence-corrected chi connectivity index (χ3v) is 11.4. The van der Waals surface area contributed by atoms with E-state index in [2.05, 4.69) is 241 Å². The Morgan fingerprint density at radius 2 is 0.679 bits per heavy atom. The molecule has 9 aromatic carbocycles. The third-order valence-electron chi connectivity index (χ3n) is 11.4. The summed E-state index contributed by atoms with van der Waals surface area (Å²) in [5.74, 6) is 0. The maximum Gasteiger partial charge on any atom is 0.0714 e. The zero-order valence-corrected chi connectivity index (χ0v) is 31.0. The van der Waals surface area contributed by atoms with Crippen molar-refractivity contribution in [2.45, 2.75) is 5.41 Å². The van der Waals surface area contributed by atoms with Crippen LogP contribution in [0.2, 0.25) is 0 Å². The van der Waals surface area contributed by atoms with E-state index in [-0.39, 0.29) is 0 Å². The highest BCUT2D eigenvalue weighted by Crippen LogP contribution is 2.57. The lowest BCUT2D eigenvalue weighted by Crippen LogP contribution is -2.28. The quantitative estimate of drug-likeness (QED) is 0.152. The average Bonchev–Trinajstić information content (AvgIpc) is 3.58. The lowest BCUT2D eigenvalue weighted by atomic mass is 9.67. The van der Waals surface area contributed by atoms with Gasteiger partial charge in [-0.25, -0.2) is 0 Å². The Morgan fingerprint density at radius 3 is 1.27 bits per heavy atom. The molecule has 9 aromatic rings. The van der Waals surface area contributed by atoms with E-state index in [0.29, 0.717) is 0 Å². The minimum Gasteiger partial charge on any atom is -0.310 e. The molecule has 1 aliphatic carbocycles. The van der Waals surface area contributed by atoms with E-state index >= 15 is 0 Å². The van der Waals surface area contributed by atoms with Crippen LogP contribution >= 0.6 is 0 Å². The van der Waals surface area contributed by atoms with Crippen LogP contribution in [0.4, 0.5) is 17.1 Å². The first-order chi connectivity index (χ1) is 27.8. The maximum absolute atomic E-state index is 2.45. The van der Waals surface area contributed by atoms with Gasteiger partial charge in [-0.15, -0.1) is 0 Å². The third kappa shape index (κ3) is 5.65. The van der Waals surface area contributed by atoms with Gasteiger partial charge in [0.2, 0.25) is 0 Å². The summed E-state index contributed by atoms with van der Waals surface area (Å²) in [6, 6.07) is 86.2. The molecule has 0 saturated heterocycles. The summed E-state index contributed by atoms with van der Waals surface area (Å²) >= 11 is 0. The predicted octanol–water partition coefficient (Wildman–Crippen LogP) is 14.5. The summed E-state index contributed by atoms with van der Waals surface area (Å²) in [5.41, 5.74) is 17.7. The largest absolute Gasteiger partial charge is 0.310 e. The molecule has 1 nitrogen and oxygen atoms in total. The van der Waals surface area contributed by atoms with Crippen molar-refractivity contribution in [3.05, 3.63) is 259 Å². The van der Waals surface area contributed by atoms with Crippen LogP contribution < -0.4 is 4.90 Å². The van der Waals surface area contributed by atoms with Crippen LogP contribution in [0, 0.1) is 0 Å². The second kappa shape index (κ2) is 14.2. The van der Waals surface area contributed by atoms with Gasteiger partial charge in [-0.2, -0.15) is 0 Å². The van der Waals surface area contributed by atoms with Gasteiger partial charge in [-0.1, -0.05) is 206 Å². The normalized spacial score (nSPS) is 12.4. The van der Waals surface area contributed by atoms with Gasteiger partial charge in [-0.05, 0) is 91.5 Å². The van der Waals surface area contributed by atoms with E-state index in [9.17, 15) is 0 Å². The van der Waals surface area contributed by atoms with Gasteiger partial charge in [0.25, 0.3) is 0 Å². The molecule has 0 N–H and O–H groups in total. The van der Waals surface area contributed by atoms with Crippen LogP contribution in [-0.4, -0.2) is 0 Å². The first-order valence-electron chi connectivity index (χ1n) is 19.3. The van der Waals surface area contributed by atoms with Crippen molar-refractivity contribution in [3.8, 4) is 44.5 Å². The van der Waals surface area contributed by atoms with E-state index < -0.39 is 5.41 Å². The molecule has 0 aromatic heterocycles. The fourth-order valence-electron chi connectivity index (χ4n) is 8.82. The number of rotatable bonds is 8. The molecule has 0 aliphatic heterocycles. The zero-order valence-electron chi connectivity index (χ0n) is 31.0. The molecular weight excluding hydrogens is 675 g/mol. The first kappa shape index (κ1) is 33.4. The minimum absolute atomic E-state index is 0.495. The number of hydrogen-bond donors (Lipinski definition) is 0. The van der Waals surface area contributed by atoms with Crippen LogP contribution in [0.25, 0.3) is 44.5 Å². The van der Waals surface area contributed by atoms with Crippen LogP contribution in [0.3, 0.4) is 0 Å². The molecule has 1 aliphatic rings. The molecule has 56 heavy (non-hydrogen) atoms. The van der Waals surface area contributed by atoms with E-state index in [0.717, 1.165) is 17.1 Å². The van der Waals surface area contributed by atoms with Crippen molar-refractivity contribution in [2.75, 3.05) is 4.90 Å². The van der Waals surface area contributed by atoms with Gasteiger partial charge in [0.15, 0.2) is 0 Å². The molecule has 264 valence electrons. The Bertz CT molecular complexity index is 2710. The summed E-state index contributed by atoms with van der Waals surface area (Å²) in [6.07, 6.45) is 0. The predicted molar refractivity (Wildman–Crippen MR) is 235 cm³/mol. The number of para-hydroxylation sites is 1. The summed E-state index contributed by atoms with van der Waals surface area (Å²) in [6.45, 7) is 0. The van der Waals surface area contributed by atoms with Crippen LogP contribution in [0.15, 0.2) is 237 Å². The summed E-state index contributed by atoms with van der Waals surface area (Å²) in [4.78, 5) is 2.44. The summed E-state index contributed by atoms with van der Waals surface area (Å²) in [5, 5.41) is 0. The molecule has 0 heterocycles. The van der Waals surface area contributed by atoms with E-state index in [4.69, 9.17) is 0 Å². The molecule has 0 radical (unpaired) electrons. The van der Waals surface area contributed by atoms with Crippen molar-refractivity contribution in [3.63, 3.8) is 0 Å². The van der Waals surface area contributed by atoms with Crippen LogP contribution in [0.1, 0.15) is 22.3 Å². The van der Waals surface area contributed by atoms with Crippen molar-refractivity contribution < 1.29 is 0 Å². The Balaban J connectivity index is 1.16. The molecule has 0 bridgehead atoms. The number of hydrogen-bond acceptors (Lipinski definition) is 1. The maximum atomic E-state index is 2.45.